The third kappa shape index (κ3) is 6.47. The molecule has 7 heteroatoms. The van der Waals surface area contributed by atoms with Crippen LogP contribution in [0.25, 0.3) is 0 Å². The number of guanidine groups is 1. The van der Waals surface area contributed by atoms with E-state index in [0.29, 0.717) is 13.1 Å². The van der Waals surface area contributed by atoms with Crippen LogP contribution in [-0.2, 0) is 11.2 Å². The van der Waals surface area contributed by atoms with Crippen molar-refractivity contribution in [1.29, 1.82) is 0 Å². The summed E-state index contributed by atoms with van der Waals surface area (Å²) < 4.78 is 12.9. The van der Waals surface area contributed by atoms with E-state index in [1.54, 1.807) is 12.1 Å². The Balaban J connectivity index is 1.44. The Kier molecular flexibility index (Phi) is 8.06. The van der Waals surface area contributed by atoms with Gasteiger partial charge in [-0.3, -0.25) is 9.79 Å². The average Bonchev–Trinajstić information content (AvgIpc) is 2.78. The van der Waals surface area contributed by atoms with Crippen molar-refractivity contribution in [3.05, 3.63) is 66.0 Å². The Hall–Kier alpha value is -3.09. The van der Waals surface area contributed by atoms with Crippen molar-refractivity contribution in [3.8, 4) is 0 Å². The third-order valence-electron chi connectivity index (χ3n) is 5.01. The number of anilines is 1. The van der Waals surface area contributed by atoms with Gasteiger partial charge < -0.3 is 20.4 Å². The van der Waals surface area contributed by atoms with Gasteiger partial charge in [0.2, 0.25) is 5.91 Å². The molecule has 0 atom stereocenters. The summed E-state index contributed by atoms with van der Waals surface area (Å²) in [6, 6.07) is 16.5. The molecule has 1 heterocycles. The number of amides is 1. The molecule has 30 heavy (non-hydrogen) atoms. The lowest BCUT2D eigenvalue weighted by atomic mass is 10.1. The van der Waals surface area contributed by atoms with Crippen LogP contribution in [0.4, 0.5) is 10.1 Å². The highest BCUT2D eigenvalue weighted by Gasteiger charge is 2.19. The fourth-order valence-electron chi connectivity index (χ4n) is 3.45. The summed E-state index contributed by atoms with van der Waals surface area (Å²) >= 11 is 0. The van der Waals surface area contributed by atoms with E-state index in [-0.39, 0.29) is 18.1 Å². The quantitative estimate of drug-likeness (QED) is 0.417. The van der Waals surface area contributed by atoms with Gasteiger partial charge in [-0.25, -0.2) is 4.39 Å². The van der Waals surface area contributed by atoms with Crippen LogP contribution in [0.1, 0.15) is 12.5 Å². The summed E-state index contributed by atoms with van der Waals surface area (Å²) in [6.07, 6.45) is 0.242. The van der Waals surface area contributed by atoms with Crippen molar-refractivity contribution in [2.24, 2.45) is 4.99 Å². The second kappa shape index (κ2) is 11.2. The van der Waals surface area contributed by atoms with Crippen LogP contribution >= 0.6 is 0 Å². The SMILES string of the molecule is CCNC(=NCCNC(=O)Cc1ccc(F)cc1)N1CCN(c2ccccc2)CC1. The van der Waals surface area contributed by atoms with Crippen molar-refractivity contribution in [2.45, 2.75) is 13.3 Å². The Labute approximate surface area is 177 Å². The maximum Gasteiger partial charge on any atom is 0.224 e. The Morgan fingerprint density at radius 3 is 2.37 bits per heavy atom. The molecule has 0 spiro atoms. The predicted molar refractivity (Wildman–Crippen MR) is 119 cm³/mol. The predicted octanol–water partition coefficient (Wildman–Crippen LogP) is 2.27. The fraction of sp³-hybridized carbons (Fsp3) is 0.391. The minimum atomic E-state index is -0.297. The lowest BCUT2D eigenvalue weighted by molar-refractivity contribution is -0.120. The number of para-hydroxylation sites is 1. The summed E-state index contributed by atoms with van der Waals surface area (Å²) in [7, 11) is 0. The first-order chi connectivity index (χ1) is 14.7. The highest BCUT2D eigenvalue weighted by atomic mass is 19.1. The van der Waals surface area contributed by atoms with Crippen molar-refractivity contribution < 1.29 is 9.18 Å². The Morgan fingerprint density at radius 2 is 1.70 bits per heavy atom. The van der Waals surface area contributed by atoms with Crippen LogP contribution in [0, 0.1) is 5.82 Å². The van der Waals surface area contributed by atoms with Crippen LogP contribution in [0.15, 0.2) is 59.6 Å². The molecule has 1 aliphatic heterocycles. The molecule has 0 aromatic heterocycles. The number of piperazine rings is 1. The van der Waals surface area contributed by atoms with E-state index >= 15 is 0 Å². The number of hydrogen-bond acceptors (Lipinski definition) is 3. The van der Waals surface area contributed by atoms with E-state index in [0.717, 1.165) is 44.2 Å². The lowest BCUT2D eigenvalue weighted by Gasteiger charge is -2.37. The average molecular weight is 412 g/mol. The maximum atomic E-state index is 12.9. The second-order valence-corrected chi connectivity index (χ2v) is 7.20. The molecular weight excluding hydrogens is 381 g/mol. The van der Waals surface area contributed by atoms with Gasteiger partial charge in [-0.1, -0.05) is 30.3 Å². The summed E-state index contributed by atoms with van der Waals surface area (Å²) in [5, 5.41) is 6.23. The van der Waals surface area contributed by atoms with Gasteiger partial charge in [-0.15, -0.1) is 0 Å². The highest BCUT2D eigenvalue weighted by Crippen LogP contribution is 2.15. The van der Waals surface area contributed by atoms with Gasteiger partial charge in [0.25, 0.3) is 0 Å². The molecule has 0 unspecified atom stereocenters. The minimum Gasteiger partial charge on any atom is -0.368 e. The van der Waals surface area contributed by atoms with E-state index in [9.17, 15) is 9.18 Å². The first-order valence-corrected chi connectivity index (χ1v) is 10.5. The van der Waals surface area contributed by atoms with Gasteiger partial charge in [0, 0.05) is 45.0 Å². The number of halogens is 1. The lowest BCUT2D eigenvalue weighted by Crippen LogP contribution is -2.52. The monoisotopic (exact) mass is 411 g/mol. The summed E-state index contributed by atoms with van der Waals surface area (Å²) in [5.74, 6) is 0.505. The molecule has 0 bridgehead atoms. The zero-order chi connectivity index (χ0) is 21.2. The number of nitrogens with one attached hydrogen (secondary N) is 2. The second-order valence-electron chi connectivity index (χ2n) is 7.20. The van der Waals surface area contributed by atoms with E-state index in [2.05, 4.69) is 56.6 Å². The molecule has 160 valence electrons. The van der Waals surface area contributed by atoms with Crippen molar-refractivity contribution in [3.63, 3.8) is 0 Å². The van der Waals surface area contributed by atoms with Gasteiger partial charge in [0.15, 0.2) is 5.96 Å². The zero-order valence-corrected chi connectivity index (χ0v) is 17.5. The van der Waals surface area contributed by atoms with Crippen LogP contribution in [0.3, 0.4) is 0 Å². The number of carbonyl (C=O) groups is 1. The molecule has 0 radical (unpaired) electrons. The first-order valence-electron chi connectivity index (χ1n) is 10.5. The number of nitrogens with zero attached hydrogens (tertiary/aromatic N) is 3. The number of hydrogen-bond donors (Lipinski definition) is 2. The van der Waals surface area contributed by atoms with E-state index in [1.807, 2.05) is 6.07 Å². The normalized spacial score (nSPS) is 14.5. The minimum absolute atomic E-state index is 0.0849. The molecule has 0 aliphatic carbocycles. The standard InChI is InChI=1S/C23H30FN5O/c1-2-25-23(29-16-14-28(15-17-29)21-6-4-3-5-7-21)27-13-12-26-22(30)18-19-8-10-20(24)11-9-19/h3-11H,2,12-18H2,1H3,(H,25,27)(H,26,30). The topological polar surface area (TPSA) is 60.0 Å². The largest absolute Gasteiger partial charge is 0.368 e. The smallest absolute Gasteiger partial charge is 0.224 e. The first kappa shape index (κ1) is 21.6. The van der Waals surface area contributed by atoms with Crippen molar-refractivity contribution >= 4 is 17.6 Å². The van der Waals surface area contributed by atoms with Crippen LogP contribution in [0.2, 0.25) is 0 Å². The summed E-state index contributed by atoms with van der Waals surface area (Å²) in [6.45, 7) is 7.53. The molecule has 0 saturated carbocycles. The van der Waals surface area contributed by atoms with Crippen LogP contribution < -0.4 is 15.5 Å². The van der Waals surface area contributed by atoms with Crippen molar-refractivity contribution in [1.82, 2.24) is 15.5 Å². The number of rotatable bonds is 7. The third-order valence-corrected chi connectivity index (χ3v) is 5.01. The van der Waals surface area contributed by atoms with E-state index < -0.39 is 0 Å². The number of aliphatic imine (C=N–C) groups is 1. The summed E-state index contributed by atoms with van der Waals surface area (Å²) in [4.78, 5) is 21.4. The molecule has 1 amide bonds. The molecule has 1 aliphatic rings. The molecule has 1 fully saturated rings. The Morgan fingerprint density at radius 1 is 1.00 bits per heavy atom. The molecule has 6 nitrogen and oxygen atoms in total. The van der Waals surface area contributed by atoms with E-state index in [1.165, 1.54) is 17.8 Å². The molecule has 1 saturated heterocycles. The van der Waals surface area contributed by atoms with Crippen LogP contribution in [-0.4, -0.2) is 62.6 Å². The van der Waals surface area contributed by atoms with E-state index in [4.69, 9.17) is 0 Å². The number of benzene rings is 2. The molecule has 3 rings (SSSR count). The number of carbonyl (C=O) groups excluding carboxylic acids is 1. The van der Waals surface area contributed by atoms with Gasteiger partial charge in [0.05, 0.1) is 13.0 Å². The maximum absolute atomic E-state index is 12.9. The van der Waals surface area contributed by atoms with Gasteiger partial charge in [-0.05, 0) is 36.8 Å². The molecule has 2 aromatic carbocycles. The van der Waals surface area contributed by atoms with Gasteiger partial charge in [0.1, 0.15) is 5.82 Å². The summed E-state index contributed by atoms with van der Waals surface area (Å²) in [5.41, 5.74) is 2.05. The zero-order valence-electron chi connectivity index (χ0n) is 17.5. The van der Waals surface area contributed by atoms with Crippen molar-refractivity contribution in [2.75, 3.05) is 50.7 Å². The molecule has 2 N–H and O–H groups in total. The van der Waals surface area contributed by atoms with Gasteiger partial charge in [-0.2, -0.15) is 0 Å². The van der Waals surface area contributed by atoms with Gasteiger partial charge >= 0.3 is 0 Å². The molecular formula is C23H30FN5O. The fourth-order valence-corrected chi connectivity index (χ4v) is 3.45. The highest BCUT2D eigenvalue weighted by molar-refractivity contribution is 5.80. The molecule has 2 aromatic rings. The Bertz CT molecular complexity index is 817. The van der Waals surface area contributed by atoms with Crippen LogP contribution in [0.5, 0.6) is 0 Å².